The number of pyridine rings is 4. The largest absolute Gasteiger partial charge is 0.481 e. The topological polar surface area (TPSA) is 398 Å². The van der Waals surface area contributed by atoms with Crippen LogP contribution < -0.4 is 48.3 Å². The fourth-order valence-electron chi connectivity index (χ4n) is 14.3. The Bertz CT molecular complexity index is 3310. The van der Waals surface area contributed by atoms with Gasteiger partial charge in [-0.15, -0.1) is 0 Å². The number of amides is 8. The second kappa shape index (κ2) is 37.2. The number of rotatable bonds is 36. The zero-order valence-electron chi connectivity index (χ0n) is 56.4. The van der Waals surface area contributed by atoms with Crippen LogP contribution >= 0.6 is 0 Å². The van der Waals surface area contributed by atoms with Gasteiger partial charge in [-0.1, -0.05) is 24.3 Å². The van der Waals surface area contributed by atoms with Gasteiger partial charge in [-0.2, -0.15) is 0 Å². The number of carboxylic acid groups (broad SMARTS) is 2. The van der Waals surface area contributed by atoms with E-state index in [1.807, 2.05) is 82.9 Å². The zero-order valence-corrected chi connectivity index (χ0v) is 56.4. The number of carboxylic acids is 2. The lowest BCUT2D eigenvalue weighted by molar-refractivity contribution is -0.143. The molecule has 4 saturated heterocycles. The van der Waals surface area contributed by atoms with E-state index in [4.69, 9.17) is 5.73 Å². The van der Waals surface area contributed by atoms with Gasteiger partial charge in [0.1, 0.15) is 24.2 Å². The van der Waals surface area contributed by atoms with Gasteiger partial charge < -0.3 is 58.5 Å². The van der Waals surface area contributed by atoms with Crippen LogP contribution in [-0.2, 0) is 47.9 Å². The summed E-state index contributed by atoms with van der Waals surface area (Å²) in [6.45, 7) is 4.22. The van der Waals surface area contributed by atoms with Crippen molar-refractivity contribution in [3.05, 3.63) is 120 Å². The second-order valence-corrected chi connectivity index (χ2v) is 26.5. The summed E-state index contributed by atoms with van der Waals surface area (Å²) < 4.78 is 0. The maximum atomic E-state index is 15.0. The molecule has 4 aromatic rings. The average Bonchev–Trinajstić information content (AvgIpc) is 1.69. The molecule has 12 N–H and O–H groups in total. The predicted molar refractivity (Wildman–Crippen MR) is 360 cm³/mol. The van der Waals surface area contributed by atoms with E-state index in [0.717, 1.165) is 74.1 Å². The first-order chi connectivity index (χ1) is 47.1. The third-order valence-electron chi connectivity index (χ3n) is 19.6. The molecule has 4 aromatic heterocycles. The van der Waals surface area contributed by atoms with Crippen LogP contribution in [0.15, 0.2) is 98.1 Å². The third kappa shape index (κ3) is 21.8. The summed E-state index contributed by atoms with van der Waals surface area (Å²) in [5.41, 5.74) is 10.4. The molecule has 98 heavy (non-hydrogen) atoms. The minimum atomic E-state index is -1.73. The molecular formula is C69H97N17O12. The molecule has 29 nitrogen and oxygen atoms in total. The molecule has 0 aliphatic carbocycles. The van der Waals surface area contributed by atoms with Gasteiger partial charge in [0, 0.05) is 132 Å². The molecule has 13 unspecified atom stereocenters. The number of carbonyl (C=O) groups excluding carboxylic acids is 8. The van der Waals surface area contributed by atoms with E-state index in [9.17, 15) is 58.2 Å². The van der Waals surface area contributed by atoms with Crippen molar-refractivity contribution in [3.63, 3.8) is 0 Å². The quantitative estimate of drug-likeness (QED) is 0.0304. The Kier molecular flexibility index (Phi) is 28.4. The minimum absolute atomic E-state index is 0.00713. The number of hydrogen-bond donors (Lipinski definition) is 11. The van der Waals surface area contributed by atoms with Crippen molar-refractivity contribution >= 4 is 59.2 Å². The number of nitrogens with one attached hydrogen (secondary N) is 8. The number of likely N-dealkylation sites (tertiary alicyclic amines) is 4. The first-order valence-corrected chi connectivity index (χ1v) is 34.0. The van der Waals surface area contributed by atoms with Crippen molar-refractivity contribution in [3.8, 4) is 0 Å². The van der Waals surface area contributed by atoms with Crippen LogP contribution in [0, 0.1) is 23.7 Å². The highest BCUT2D eigenvalue weighted by Crippen LogP contribution is 2.38. The second-order valence-electron chi connectivity index (χ2n) is 26.5. The molecule has 4 aliphatic rings. The lowest BCUT2D eigenvalue weighted by atomic mass is 9.94. The van der Waals surface area contributed by atoms with E-state index >= 15 is 0 Å². The standard InChI is InChI=1S/C69H97N17O12/c1-83-31-23-47(61(83)43-9-5-27-71-35-43)39-75-56(87)18-13-51(70)65(93)79-52(14-19-57(88)76-40-48-24-32-84(2)62(48)44-10-6-28-72-36-44)66(94)80-53(15-20-58(89)77-41-49-25-33-85(3)63(49)45-11-7-29-73-37-45)67(95)81-54(68(96)82-55(69(97)98)17-22-60(91)92)16-21-59(90)78-42-50-26-34-86(4)64(50)46-12-8-30-74-38-46/h5-12,27-30,35-38,47-55,61-64H,13-26,31-34,39-42,70H2,1-4H3,(H,75,87)(H,76,88)(H,77,89)(H,78,90)(H,79,93)(H,80,94)(H,81,95)(H,82,96)(H,91,92)(H,97,98). The minimum Gasteiger partial charge on any atom is -0.481 e. The van der Waals surface area contributed by atoms with E-state index in [1.165, 1.54) is 0 Å². The van der Waals surface area contributed by atoms with E-state index in [0.29, 0.717) is 6.54 Å². The maximum absolute atomic E-state index is 15.0. The predicted octanol–water partition coefficient (Wildman–Crippen LogP) is 1.14. The molecule has 0 spiro atoms. The van der Waals surface area contributed by atoms with Crippen molar-refractivity contribution < 1.29 is 58.2 Å². The molecular weight excluding hydrogens is 1260 g/mol. The third-order valence-corrected chi connectivity index (χ3v) is 19.6. The molecule has 0 aromatic carbocycles. The fraction of sp³-hybridized carbons (Fsp3) is 0.565. The Hall–Kier alpha value is -8.90. The Morgan fingerprint density at radius 2 is 0.673 bits per heavy atom. The first kappa shape index (κ1) is 74.9. The fourth-order valence-corrected chi connectivity index (χ4v) is 14.3. The molecule has 0 radical (unpaired) electrons. The van der Waals surface area contributed by atoms with Crippen LogP contribution in [0.25, 0.3) is 0 Å². The van der Waals surface area contributed by atoms with Gasteiger partial charge in [-0.05, 0) is 182 Å². The molecule has 13 atom stereocenters. The molecule has 29 heteroatoms. The Morgan fingerprint density at radius 3 is 0.939 bits per heavy atom. The summed E-state index contributed by atoms with van der Waals surface area (Å²) in [5, 5.41) is 41.7. The van der Waals surface area contributed by atoms with E-state index in [1.54, 1.807) is 43.4 Å². The first-order valence-electron chi connectivity index (χ1n) is 34.0. The number of nitrogens with zero attached hydrogens (tertiary/aromatic N) is 8. The van der Waals surface area contributed by atoms with Gasteiger partial charge >= 0.3 is 11.9 Å². The highest BCUT2D eigenvalue weighted by atomic mass is 16.4. The maximum Gasteiger partial charge on any atom is 0.326 e. The lowest BCUT2D eigenvalue weighted by Crippen LogP contribution is -2.58. The molecule has 0 bridgehead atoms. The van der Waals surface area contributed by atoms with E-state index < -0.39 is 109 Å². The van der Waals surface area contributed by atoms with Crippen molar-refractivity contribution in [2.24, 2.45) is 29.4 Å². The smallest absolute Gasteiger partial charge is 0.326 e. The monoisotopic (exact) mass is 1360 g/mol. The molecule has 4 fully saturated rings. The van der Waals surface area contributed by atoms with Crippen LogP contribution in [0.4, 0.5) is 0 Å². The normalized spacial score (nSPS) is 22.7. The summed E-state index contributed by atoms with van der Waals surface area (Å²) in [6, 6.07) is 7.19. The van der Waals surface area contributed by atoms with Gasteiger partial charge in [0.25, 0.3) is 0 Å². The van der Waals surface area contributed by atoms with Gasteiger partial charge in [0.05, 0.1) is 6.04 Å². The van der Waals surface area contributed by atoms with Crippen LogP contribution in [0.5, 0.6) is 0 Å². The van der Waals surface area contributed by atoms with Crippen LogP contribution in [0.3, 0.4) is 0 Å². The van der Waals surface area contributed by atoms with Crippen molar-refractivity contribution in [1.82, 2.24) is 82.1 Å². The van der Waals surface area contributed by atoms with Gasteiger partial charge in [0.2, 0.25) is 47.3 Å². The van der Waals surface area contributed by atoms with Crippen LogP contribution in [0.2, 0.25) is 0 Å². The van der Waals surface area contributed by atoms with Gasteiger partial charge in [-0.25, -0.2) is 4.79 Å². The number of aliphatic carboxylic acids is 2. The summed E-state index contributed by atoms with van der Waals surface area (Å²) in [7, 11) is 7.98. The Morgan fingerprint density at radius 1 is 0.408 bits per heavy atom. The molecule has 530 valence electrons. The SMILES string of the molecule is CN1CCC(CNC(=O)CCC(N)C(=O)NC(CCC(=O)NCC2CCN(C)C2c2cccnc2)C(=O)NC(CCC(=O)NCC2CCN(C)C2c2cccnc2)C(=O)NC(CCC(=O)NCC2CCN(C)C2c2cccnc2)C(=O)NC(CCC(=O)O)C(=O)O)C1c1cccnc1. The summed E-state index contributed by atoms with van der Waals surface area (Å²) in [5.74, 6) is -8.59. The summed E-state index contributed by atoms with van der Waals surface area (Å²) >= 11 is 0. The number of aromatic nitrogens is 4. The molecule has 4 aliphatic heterocycles. The van der Waals surface area contributed by atoms with Crippen LogP contribution in [-0.4, -0.2) is 220 Å². The summed E-state index contributed by atoms with van der Waals surface area (Å²) in [6.07, 6.45) is 13.4. The molecule has 8 amide bonds. The lowest BCUT2D eigenvalue weighted by Gasteiger charge is -2.27. The van der Waals surface area contributed by atoms with Gasteiger partial charge in [0.15, 0.2) is 0 Å². The van der Waals surface area contributed by atoms with Crippen molar-refractivity contribution in [2.75, 3.05) is 80.5 Å². The van der Waals surface area contributed by atoms with Crippen molar-refractivity contribution in [1.29, 1.82) is 0 Å². The highest BCUT2D eigenvalue weighted by molar-refractivity contribution is 5.96. The molecule has 8 heterocycles. The van der Waals surface area contributed by atoms with Gasteiger partial charge in [-0.3, -0.25) is 82.7 Å². The molecule has 8 rings (SSSR count). The Balaban J connectivity index is 1.00. The highest BCUT2D eigenvalue weighted by Gasteiger charge is 2.39. The van der Waals surface area contributed by atoms with E-state index in [2.05, 4.69) is 82.1 Å². The van der Waals surface area contributed by atoms with E-state index in [-0.39, 0.29) is 112 Å². The molecule has 0 saturated carbocycles. The number of carbonyl (C=O) groups is 10. The van der Waals surface area contributed by atoms with Crippen LogP contribution in [0.1, 0.15) is 136 Å². The average molecular weight is 1360 g/mol. The number of hydrogen-bond acceptors (Lipinski definition) is 19. The summed E-state index contributed by atoms with van der Waals surface area (Å²) in [4.78, 5) is 163. The Labute approximate surface area is 571 Å². The number of nitrogens with two attached hydrogens (primary N) is 1. The van der Waals surface area contributed by atoms with Crippen molar-refractivity contribution in [2.45, 2.75) is 144 Å². The zero-order chi connectivity index (χ0) is 70.3.